The Labute approximate surface area is 163 Å². The van der Waals surface area contributed by atoms with Gasteiger partial charge in [0.05, 0.1) is 5.60 Å². The van der Waals surface area contributed by atoms with E-state index in [9.17, 15) is 5.11 Å². The van der Waals surface area contributed by atoms with E-state index in [1.807, 2.05) is 0 Å². The van der Waals surface area contributed by atoms with Gasteiger partial charge in [-0.1, -0.05) is 39.0 Å². The molecule has 0 amide bonds. The molecule has 1 aliphatic heterocycles. The average Bonchev–Trinajstić information content (AvgIpc) is 3.10. The first kappa shape index (κ1) is 20.4. The molecule has 150 valence electrons. The lowest BCUT2D eigenvalue weighted by Gasteiger charge is -2.39. The predicted molar refractivity (Wildman–Crippen MR) is 110 cm³/mol. The lowest BCUT2D eigenvalue weighted by atomic mass is 9.74. The van der Waals surface area contributed by atoms with Gasteiger partial charge in [-0.15, -0.1) is 0 Å². The monoisotopic (exact) mass is 373 g/mol. The summed E-state index contributed by atoms with van der Waals surface area (Å²) in [6.07, 6.45) is 4.77. The third-order valence-electron chi connectivity index (χ3n) is 5.88. The van der Waals surface area contributed by atoms with Crippen molar-refractivity contribution < 1.29 is 14.3 Å². The summed E-state index contributed by atoms with van der Waals surface area (Å²) in [5, 5.41) is 16.5. The molecular weight excluding hydrogens is 338 g/mol. The Balaban J connectivity index is 2.01. The predicted octanol–water partition coefficient (Wildman–Crippen LogP) is 4.73. The summed E-state index contributed by atoms with van der Waals surface area (Å²) in [4.78, 5) is 0. The fourth-order valence-electron chi connectivity index (χ4n) is 4.23. The van der Waals surface area contributed by atoms with Crippen LogP contribution in [0.25, 0.3) is 11.0 Å². The molecule has 3 rings (SSSR count). The lowest BCUT2D eigenvalue weighted by Crippen LogP contribution is -2.44. The first-order valence-corrected chi connectivity index (χ1v) is 10.3. The number of nitrogens with one attached hydrogen (secondary N) is 1. The van der Waals surface area contributed by atoms with E-state index in [1.165, 1.54) is 0 Å². The minimum atomic E-state index is -0.881. The second-order valence-electron chi connectivity index (χ2n) is 9.00. The summed E-state index contributed by atoms with van der Waals surface area (Å²) < 4.78 is 11.5. The molecule has 1 aromatic heterocycles. The minimum absolute atomic E-state index is 0.0563. The Hall–Kier alpha value is -1.36. The molecule has 0 spiro atoms. The zero-order valence-corrected chi connectivity index (χ0v) is 17.3. The molecule has 2 N–H and O–H groups in total. The fraction of sp³-hybridized carbons (Fsp3) is 0.652. The molecule has 1 aliphatic rings. The van der Waals surface area contributed by atoms with Crippen molar-refractivity contribution in [3.63, 3.8) is 0 Å². The SMILES string of the molecule is COCCCC[C@@](O)(c1cccc2cc(C(C)(C)C)oc12)[C@@H]1CCCNC1. The van der Waals surface area contributed by atoms with Gasteiger partial charge in [-0.05, 0) is 44.7 Å². The highest BCUT2D eigenvalue weighted by Crippen LogP contribution is 2.43. The highest BCUT2D eigenvalue weighted by atomic mass is 16.5. The molecule has 0 unspecified atom stereocenters. The Morgan fingerprint density at radius 2 is 2.07 bits per heavy atom. The van der Waals surface area contributed by atoms with E-state index in [0.29, 0.717) is 0 Å². The first-order chi connectivity index (χ1) is 12.9. The average molecular weight is 374 g/mol. The highest BCUT2D eigenvalue weighted by Gasteiger charge is 2.40. The van der Waals surface area contributed by atoms with Crippen molar-refractivity contribution in [3.05, 3.63) is 35.6 Å². The van der Waals surface area contributed by atoms with Crippen molar-refractivity contribution in [2.75, 3.05) is 26.8 Å². The van der Waals surface area contributed by atoms with Crippen LogP contribution < -0.4 is 5.32 Å². The molecule has 0 bridgehead atoms. The standard InChI is InChI=1S/C23H35NO3/c1-22(2,3)20-15-17-9-7-11-19(21(17)27-20)23(25,12-5-6-14-26-4)18-10-8-13-24-16-18/h7,9,11,15,18,24-25H,5-6,8,10,12-14,16H2,1-4H3/t18-,23+/m1/s1. The molecule has 0 radical (unpaired) electrons. The zero-order chi connectivity index (χ0) is 19.5. The molecule has 0 saturated carbocycles. The second-order valence-corrected chi connectivity index (χ2v) is 9.00. The molecule has 27 heavy (non-hydrogen) atoms. The zero-order valence-electron chi connectivity index (χ0n) is 17.3. The van der Waals surface area contributed by atoms with E-state index in [1.54, 1.807) is 7.11 Å². The number of ether oxygens (including phenoxy) is 1. The maximum atomic E-state index is 12.0. The number of furan rings is 1. The van der Waals surface area contributed by atoms with Gasteiger partial charge in [0.2, 0.25) is 0 Å². The van der Waals surface area contributed by atoms with Crippen LogP contribution >= 0.6 is 0 Å². The van der Waals surface area contributed by atoms with Gasteiger partial charge in [0, 0.05) is 42.5 Å². The van der Waals surface area contributed by atoms with Crippen LogP contribution in [0.15, 0.2) is 28.7 Å². The van der Waals surface area contributed by atoms with E-state index in [4.69, 9.17) is 9.15 Å². The van der Waals surface area contributed by atoms with Crippen LogP contribution in [-0.4, -0.2) is 31.9 Å². The van der Waals surface area contributed by atoms with Crippen LogP contribution in [-0.2, 0) is 15.8 Å². The number of hydrogen-bond acceptors (Lipinski definition) is 4. The largest absolute Gasteiger partial charge is 0.460 e. The number of fused-ring (bicyclic) bond motifs is 1. The van der Waals surface area contributed by atoms with Crippen LogP contribution in [0.3, 0.4) is 0 Å². The maximum Gasteiger partial charge on any atom is 0.140 e. The second kappa shape index (κ2) is 8.34. The fourth-order valence-corrected chi connectivity index (χ4v) is 4.23. The number of methoxy groups -OCH3 is 1. The molecule has 0 aliphatic carbocycles. The number of para-hydroxylation sites is 1. The van der Waals surface area contributed by atoms with E-state index >= 15 is 0 Å². The maximum absolute atomic E-state index is 12.0. The highest BCUT2D eigenvalue weighted by molar-refractivity contribution is 5.82. The molecule has 4 nitrogen and oxygen atoms in total. The lowest BCUT2D eigenvalue weighted by molar-refractivity contribution is -0.0428. The van der Waals surface area contributed by atoms with Crippen molar-refractivity contribution in [1.29, 1.82) is 0 Å². The van der Waals surface area contributed by atoms with Crippen LogP contribution in [0.2, 0.25) is 0 Å². The summed E-state index contributed by atoms with van der Waals surface area (Å²) in [6.45, 7) is 9.10. The molecule has 4 heteroatoms. The van der Waals surface area contributed by atoms with Crippen LogP contribution in [0.5, 0.6) is 0 Å². The minimum Gasteiger partial charge on any atom is -0.460 e. The normalized spacial score (nSPS) is 20.7. The van der Waals surface area contributed by atoms with Gasteiger partial charge < -0.3 is 19.6 Å². The number of hydrogen-bond donors (Lipinski definition) is 2. The third-order valence-corrected chi connectivity index (χ3v) is 5.88. The molecule has 2 atom stereocenters. The van der Waals surface area contributed by atoms with Gasteiger partial charge in [-0.3, -0.25) is 0 Å². The smallest absolute Gasteiger partial charge is 0.140 e. The Morgan fingerprint density at radius 1 is 1.26 bits per heavy atom. The van der Waals surface area contributed by atoms with Gasteiger partial charge in [0.25, 0.3) is 0 Å². The van der Waals surface area contributed by atoms with Crippen LogP contribution in [0, 0.1) is 5.92 Å². The molecule has 2 aromatic rings. The van der Waals surface area contributed by atoms with E-state index < -0.39 is 5.60 Å². The van der Waals surface area contributed by atoms with E-state index in [2.05, 4.69) is 50.4 Å². The van der Waals surface area contributed by atoms with Crippen molar-refractivity contribution in [2.24, 2.45) is 5.92 Å². The summed E-state index contributed by atoms with van der Waals surface area (Å²) in [6, 6.07) is 8.32. The van der Waals surface area contributed by atoms with Crippen LogP contribution in [0.4, 0.5) is 0 Å². The van der Waals surface area contributed by atoms with Gasteiger partial charge >= 0.3 is 0 Å². The Morgan fingerprint density at radius 3 is 2.74 bits per heavy atom. The first-order valence-electron chi connectivity index (χ1n) is 10.3. The van der Waals surface area contributed by atoms with Crippen LogP contribution in [0.1, 0.15) is 64.2 Å². The molecule has 1 aromatic carbocycles. The number of benzene rings is 1. The quantitative estimate of drug-likeness (QED) is 0.689. The molecule has 2 heterocycles. The molecular formula is C23H35NO3. The number of piperidine rings is 1. The van der Waals surface area contributed by atoms with Crippen molar-refractivity contribution in [2.45, 2.75) is 63.9 Å². The van der Waals surface area contributed by atoms with Crippen molar-refractivity contribution in [1.82, 2.24) is 5.32 Å². The van der Waals surface area contributed by atoms with Crippen molar-refractivity contribution >= 4 is 11.0 Å². The summed E-state index contributed by atoms with van der Waals surface area (Å²) >= 11 is 0. The number of unbranched alkanes of at least 4 members (excludes halogenated alkanes) is 1. The van der Waals surface area contributed by atoms with Gasteiger partial charge in [0.1, 0.15) is 11.3 Å². The van der Waals surface area contributed by atoms with Crippen molar-refractivity contribution in [3.8, 4) is 0 Å². The van der Waals surface area contributed by atoms with E-state index in [-0.39, 0.29) is 11.3 Å². The van der Waals surface area contributed by atoms with Gasteiger partial charge in [-0.2, -0.15) is 0 Å². The number of rotatable bonds is 7. The van der Waals surface area contributed by atoms with E-state index in [0.717, 1.165) is 74.1 Å². The Kier molecular flexibility index (Phi) is 6.29. The summed E-state index contributed by atoms with van der Waals surface area (Å²) in [5.74, 6) is 1.16. The topological polar surface area (TPSA) is 54.6 Å². The number of aliphatic hydroxyl groups is 1. The molecule has 1 fully saturated rings. The van der Waals surface area contributed by atoms with Gasteiger partial charge in [-0.25, -0.2) is 0 Å². The van der Waals surface area contributed by atoms with Gasteiger partial charge in [0.15, 0.2) is 0 Å². The molecule has 1 saturated heterocycles. The summed E-state index contributed by atoms with van der Waals surface area (Å²) in [5.41, 5.74) is 0.858. The third kappa shape index (κ3) is 4.39. The Bertz CT molecular complexity index is 740. The summed E-state index contributed by atoms with van der Waals surface area (Å²) in [7, 11) is 1.73.